The summed E-state index contributed by atoms with van der Waals surface area (Å²) in [5.74, 6) is 0.238. The average molecular weight is 263 g/mol. The van der Waals surface area contributed by atoms with Crippen LogP contribution in [0, 0.1) is 5.92 Å². The highest BCUT2D eigenvalue weighted by Gasteiger charge is 2.47. The third-order valence-electron chi connectivity index (χ3n) is 4.13. The largest absolute Gasteiger partial charge is 0.494 e. The van der Waals surface area contributed by atoms with E-state index in [1.165, 1.54) is 0 Å². The number of carbonyl (C=O) groups is 1. The van der Waals surface area contributed by atoms with Crippen molar-refractivity contribution in [1.82, 2.24) is 5.32 Å². The zero-order chi connectivity index (χ0) is 13.7. The Morgan fingerprint density at radius 1 is 1.47 bits per heavy atom. The topological polar surface area (TPSA) is 58.6 Å². The number of aliphatic carboxylic acids is 1. The number of likely N-dealkylation sites (N-methyl/N-ethyl adjacent to an activating group) is 1. The Labute approximate surface area is 113 Å². The van der Waals surface area contributed by atoms with E-state index in [9.17, 15) is 9.90 Å². The van der Waals surface area contributed by atoms with Gasteiger partial charge in [0, 0.05) is 0 Å². The average Bonchev–Trinajstić information content (AvgIpc) is 2.84. The van der Waals surface area contributed by atoms with Crippen LogP contribution >= 0.6 is 0 Å². The highest BCUT2D eigenvalue weighted by molar-refractivity contribution is 5.79. The van der Waals surface area contributed by atoms with Crippen molar-refractivity contribution in [2.75, 3.05) is 13.7 Å². The van der Waals surface area contributed by atoms with E-state index < -0.39 is 11.5 Å². The molecule has 4 nitrogen and oxygen atoms in total. The van der Waals surface area contributed by atoms with Crippen molar-refractivity contribution in [1.29, 1.82) is 0 Å². The van der Waals surface area contributed by atoms with E-state index in [1.54, 1.807) is 7.05 Å². The Hall–Kier alpha value is -1.55. The molecule has 0 spiro atoms. The fraction of sp³-hybridized carbons (Fsp3) is 0.533. The van der Waals surface area contributed by atoms with E-state index in [4.69, 9.17) is 4.74 Å². The van der Waals surface area contributed by atoms with Gasteiger partial charge in [0.25, 0.3) is 0 Å². The number of ether oxygens (including phenoxy) is 1. The Kier molecular flexibility index (Phi) is 4.43. The zero-order valence-electron chi connectivity index (χ0n) is 11.3. The van der Waals surface area contributed by atoms with Gasteiger partial charge in [0.05, 0.1) is 6.61 Å². The summed E-state index contributed by atoms with van der Waals surface area (Å²) in [5.41, 5.74) is -0.764. The molecule has 2 atom stereocenters. The number of nitrogens with one attached hydrogen (secondary N) is 1. The third-order valence-corrected chi connectivity index (χ3v) is 4.13. The first-order chi connectivity index (χ1) is 9.19. The molecule has 1 saturated carbocycles. The van der Waals surface area contributed by atoms with Crippen LogP contribution < -0.4 is 10.1 Å². The molecule has 19 heavy (non-hydrogen) atoms. The summed E-state index contributed by atoms with van der Waals surface area (Å²) >= 11 is 0. The second kappa shape index (κ2) is 6.06. The van der Waals surface area contributed by atoms with Crippen molar-refractivity contribution < 1.29 is 14.6 Å². The van der Waals surface area contributed by atoms with Gasteiger partial charge in [-0.2, -0.15) is 0 Å². The van der Waals surface area contributed by atoms with Crippen LogP contribution in [0.15, 0.2) is 30.3 Å². The molecule has 2 rings (SSSR count). The minimum Gasteiger partial charge on any atom is -0.494 e. The lowest BCUT2D eigenvalue weighted by molar-refractivity contribution is -0.146. The zero-order valence-corrected chi connectivity index (χ0v) is 11.3. The van der Waals surface area contributed by atoms with Crippen LogP contribution in [0.2, 0.25) is 0 Å². The molecule has 1 fully saturated rings. The molecule has 0 aromatic heterocycles. The van der Waals surface area contributed by atoms with Crippen molar-refractivity contribution in [3.8, 4) is 5.75 Å². The summed E-state index contributed by atoms with van der Waals surface area (Å²) in [4.78, 5) is 11.5. The van der Waals surface area contributed by atoms with Gasteiger partial charge in [-0.3, -0.25) is 4.79 Å². The monoisotopic (exact) mass is 263 g/mol. The molecular formula is C15H21NO3. The van der Waals surface area contributed by atoms with Crippen molar-refractivity contribution in [3.05, 3.63) is 30.3 Å². The van der Waals surface area contributed by atoms with Crippen LogP contribution in [0.25, 0.3) is 0 Å². The van der Waals surface area contributed by atoms with Crippen molar-refractivity contribution >= 4 is 5.97 Å². The molecular weight excluding hydrogens is 242 g/mol. The normalized spacial score (nSPS) is 26.3. The smallest absolute Gasteiger partial charge is 0.324 e. The highest BCUT2D eigenvalue weighted by atomic mass is 16.5. The van der Waals surface area contributed by atoms with Gasteiger partial charge in [-0.25, -0.2) is 0 Å². The number of rotatable bonds is 6. The van der Waals surface area contributed by atoms with Crippen LogP contribution in [0.4, 0.5) is 0 Å². The van der Waals surface area contributed by atoms with Crippen LogP contribution in [0.5, 0.6) is 5.75 Å². The fourth-order valence-corrected chi connectivity index (χ4v) is 3.02. The summed E-state index contributed by atoms with van der Waals surface area (Å²) in [6.07, 6.45) is 3.38. The van der Waals surface area contributed by atoms with Crippen LogP contribution in [-0.4, -0.2) is 30.3 Å². The molecule has 1 aliphatic carbocycles. The fourth-order valence-electron chi connectivity index (χ4n) is 3.02. The maximum absolute atomic E-state index is 11.5. The van der Waals surface area contributed by atoms with Crippen molar-refractivity contribution in [2.24, 2.45) is 5.92 Å². The Morgan fingerprint density at radius 3 is 2.84 bits per heavy atom. The van der Waals surface area contributed by atoms with Crippen LogP contribution in [0.3, 0.4) is 0 Å². The number of para-hydroxylation sites is 1. The molecule has 1 aliphatic rings. The second-order valence-electron chi connectivity index (χ2n) is 5.07. The molecule has 0 saturated heterocycles. The molecule has 1 aromatic carbocycles. The van der Waals surface area contributed by atoms with E-state index >= 15 is 0 Å². The lowest BCUT2D eigenvalue weighted by Crippen LogP contribution is -2.53. The summed E-state index contributed by atoms with van der Waals surface area (Å²) in [7, 11) is 1.74. The molecule has 2 N–H and O–H groups in total. The lowest BCUT2D eigenvalue weighted by Gasteiger charge is -2.30. The quantitative estimate of drug-likeness (QED) is 0.827. The summed E-state index contributed by atoms with van der Waals surface area (Å²) in [6.45, 7) is 0.561. The lowest BCUT2D eigenvalue weighted by atomic mass is 9.85. The summed E-state index contributed by atoms with van der Waals surface area (Å²) in [5, 5.41) is 12.5. The van der Waals surface area contributed by atoms with Gasteiger partial charge in [0.15, 0.2) is 0 Å². The first kappa shape index (κ1) is 13.9. The van der Waals surface area contributed by atoms with Gasteiger partial charge in [-0.05, 0) is 44.4 Å². The molecule has 0 radical (unpaired) electrons. The van der Waals surface area contributed by atoms with Crippen LogP contribution in [-0.2, 0) is 4.79 Å². The number of carboxylic acid groups (broad SMARTS) is 1. The van der Waals surface area contributed by atoms with Crippen molar-refractivity contribution in [2.45, 2.75) is 31.2 Å². The van der Waals surface area contributed by atoms with Gasteiger partial charge >= 0.3 is 5.97 Å². The maximum Gasteiger partial charge on any atom is 0.324 e. The van der Waals surface area contributed by atoms with Gasteiger partial charge in [-0.1, -0.05) is 24.6 Å². The first-order valence-corrected chi connectivity index (χ1v) is 6.79. The summed E-state index contributed by atoms with van der Waals surface area (Å²) < 4.78 is 5.66. The van der Waals surface area contributed by atoms with E-state index in [0.717, 1.165) is 25.0 Å². The van der Waals surface area contributed by atoms with E-state index in [2.05, 4.69) is 5.32 Å². The van der Waals surface area contributed by atoms with E-state index in [1.807, 2.05) is 30.3 Å². The third kappa shape index (κ3) is 2.89. The van der Waals surface area contributed by atoms with E-state index in [0.29, 0.717) is 13.0 Å². The molecule has 2 unspecified atom stereocenters. The molecule has 4 heteroatoms. The molecule has 1 aromatic rings. The maximum atomic E-state index is 11.5. The standard InChI is InChI=1S/C15H21NO3/c1-16-15(14(17)18)10-5-6-12(15)9-11-19-13-7-3-2-4-8-13/h2-4,7-8,12,16H,5-6,9-11H2,1H3,(H,17,18). The highest BCUT2D eigenvalue weighted by Crippen LogP contribution is 2.38. The van der Waals surface area contributed by atoms with Crippen LogP contribution in [0.1, 0.15) is 25.7 Å². The molecule has 0 amide bonds. The molecule has 0 heterocycles. The SMILES string of the molecule is CNC1(C(=O)O)CCCC1CCOc1ccccc1. The first-order valence-electron chi connectivity index (χ1n) is 6.79. The minimum absolute atomic E-state index is 0.138. The number of benzene rings is 1. The Bertz CT molecular complexity index is 421. The number of carboxylic acids is 1. The second-order valence-corrected chi connectivity index (χ2v) is 5.07. The number of hydrogen-bond acceptors (Lipinski definition) is 3. The summed E-state index contributed by atoms with van der Waals surface area (Å²) in [6, 6.07) is 9.63. The molecule has 0 aliphatic heterocycles. The van der Waals surface area contributed by atoms with E-state index in [-0.39, 0.29) is 5.92 Å². The molecule has 0 bridgehead atoms. The van der Waals surface area contributed by atoms with Gasteiger partial charge in [0.1, 0.15) is 11.3 Å². The van der Waals surface area contributed by atoms with Gasteiger partial charge < -0.3 is 15.2 Å². The van der Waals surface area contributed by atoms with Crippen molar-refractivity contribution in [3.63, 3.8) is 0 Å². The number of hydrogen-bond donors (Lipinski definition) is 2. The molecule has 104 valence electrons. The van der Waals surface area contributed by atoms with Gasteiger partial charge in [-0.15, -0.1) is 0 Å². The predicted octanol–water partition coefficient (Wildman–Crippen LogP) is 2.30. The Balaban J connectivity index is 1.90. The predicted molar refractivity (Wildman–Crippen MR) is 73.3 cm³/mol. The van der Waals surface area contributed by atoms with Gasteiger partial charge in [0.2, 0.25) is 0 Å². The Morgan fingerprint density at radius 2 is 2.21 bits per heavy atom. The minimum atomic E-state index is -0.764.